The van der Waals surface area contributed by atoms with Crippen molar-refractivity contribution in [3.8, 4) is 5.75 Å². The molecule has 0 spiro atoms. The summed E-state index contributed by atoms with van der Waals surface area (Å²) in [6.45, 7) is 4.16. The molecule has 1 aliphatic carbocycles. The molecule has 1 saturated carbocycles. The van der Waals surface area contributed by atoms with Crippen molar-refractivity contribution < 1.29 is 27.8 Å². The molecule has 4 nitrogen and oxygen atoms in total. The highest BCUT2D eigenvalue weighted by molar-refractivity contribution is 7.17. The Balaban J connectivity index is 0.00000167. The third-order valence-electron chi connectivity index (χ3n) is 6.03. The minimum absolute atomic E-state index is 0.120. The standard InChI is InChI=1S/C25H23F3NO3P.C2H6/c26-18-7-4-15(5-8-18)14-32-23-9-6-17(25(27,28)33)13-21(23)19-2-1-3-20(19)22-12-16(24(30)31)10-11-29-22;1-2/h4-13,19-20H,1-3,14,33H2,(H,30,31);1-2H3. The Morgan fingerprint density at radius 2 is 1.77 bits per heavy atom. The molecule has 0 amide bonds. The van der Waals surface area contributed by atoms with Crippen LogP contribution >= 0.6 is 9.24 Å². The zero-order valence-electron chi connectivity index (χ0n) is 19.7. The summed E-state index contributed by atoms with van der Waals surface area (Å²) in [5, 5.41) is 9.34. The number of aromatic nitrogens is 1. The fourth-order valence-corrected chi connectivity index (χ4v) is 4.57. The number of hydrogen-bond acceptors (Lipinski definition) is 3. The summed E-state index contributed by atoms with van der Waals surface area (Å²) < 4.78 is 47.4. The lowest BCUT2D eigenvalue weighted by molar-refractivity contribution is 0.0696. The van der Waals surface area contributed by atoms with Crippen LogP contribution in [0.15, 0.2) is 60.8 Å². The van der Waals surface area contributed by atoms with Crippen molar-refractivity contribution in [3.63, 3.8) is 0 Å². The first-order valence-electron chi connectivity index (χ1n) is 11.6. The van der Waals surface area contributed by atoms with Gasteiger partial charge in [-0.2, -0.15) is 8.78 Å². The fraction of sp³-hybridized carbons (Fsp3) is 0.333. The lowest BCUT2D eigenvalue weighted by atomic mass is 9.85. The van der Waals surface area contributed by atoms with Crippen molar-refractivity contribution in [2.75, 3.05) is 0 Å². The zero-order valence-corrected chi connectivity index (χ0v) is 20.8. The molecule has 0 bridgehead atoms. The predicted molar refractivity (Wildman–Crippen MR) is 133 cm³/mol. The number of nitrogens with zero attached hydrogens (tertiary/aromatic N) is 1. The molecule has 3 aromatic rings. The molecule has 3 unspecified atom stereocenters. The Morgan fingerprint density at radius 3 is 2.43 bits per heavy atom. The van der Waals surface area contributed by atoms with Gasteiger partial charge < -0.3 is 9.84 Å². The van der Waals surface area contributed by atoms with Gasteiger partial charge in [0.1, 0.15) is 18.2 Å². The molecular weight excluding hydrogens is 474 g/mol. The van der Waals surface area contributed by atoms with Crippen LogP contribution in [0.5, 0.6) is 5.75 Å². The summed E-state index contributed by atoms with van der Waals surface area (Å²) in [6.07, 6.45) is 3.82. The van der Waals surface area contributed by atoms with E-state index in [4.69, 9.17) is 4.74 Å². The van der Waals surface area contributed by atoms with Crippen LogP contribution < -0.4 is 4.74 Å². The van der Waals surface area contributed by atoms with Crippen LogP contribution in [-0.2, 0) is 12.3 Å². The molecule has 0 radical (unpaired) electrons. The van der Waals surface area contributed by atoms with Gasteiger partial charge in [-0.25, -0.2) is 9.18 Å². The quantitative estimate of drug-likeness (QED) is 0.339. The van der Waals surface area contributed by atoms with Gasteiger partial charge in [0.05, 0.1) is 5.56 Å². The number of benzene rings is 2. The van der Waals surface area contributed by atoms with Gasteiger partial charge in [-0.05, 0) is 72.4 Å². The van der Waals surface area contributed by atoms with E-state index in [9.17, 15) is 23.1 Å². The third-order valence-corrected chi connectivity index (χ3v) is 6.36. The molecule has 186 valence electrons. The van der Waals surface area contributed by atoms with Gasteiger partial charge in [-0.3, -0.25) is 4.98 Å². The number of carboxylic acid groups (broad SMARTS) is 1. The molecule has 1 N–H and O–H groups in total. The Kier molecular flexibility index (Phi) is 8.90. The molecule has 0 aliphatic heterocycles. The molecule has 4 rings (SSSR count). The highest BCUT2D eigenvalue weighted by Gasteiger charge is 2.35. The van der Waals surface area contributed by atoms with E-state index < -0.39 is 11.6 Å². The monoisotopic (exact) mass is 503 g/mol. The number of alkyl halides is 2. The maximum Gasteiger partial charge on any atom is 0.335 e. The molecule has 1 aromatic heterocycles. The van der Waals surface area contributed by atoms with Crippen LogP contribution in [0.2, 0.25) is 0 Å². The Bertz CT molecular complexity index is 1150. The predicted octanol–water partition coefficient (Wildman–Crippen LogP) is 7.50. The number of halogens is 3. The maximum absolute atomic E-state index is 14.1. The second-order valence-electron chi connectivity index (χ2n) is 8.21. The highest BCUT2D eigenvalue weighted by Crippen LogP contribution is 2.49. The van der Waals surface area contributed by atoms with Crippen molar-refractivity contribution in [1.82, 2.24) is 4.98 Å². The number of carboxylic acids is 1. The third kappa shape index (κ3) is 6.61. The van der Waals surface area contributed by atoms with Crippen molar-refractivity contribution in [3.05, 3.63) is 94.6 Å². The molecule has 8 heteroatoms. The number of carbonyl (C=O) groups is 1. The zero-order chi connectivity index (χ0) is 25.6. The van der Waals surface area contributed by atoms with Crippen molar-refractivity contribution in [1.29, 1.82) is 0 Å². The Labute approximate surface area is 205 Å². The van der Waals surface area contributed by atoms with E-state index in [1.807, 2.05) is 13.8 Å². The van der Waals surface area contributed by atoms with Crippen molar-refractivity contribution >= 4 is 15.2 Å². The highest BCUT2D eigenvalue weighted by atomic mass is 31.0. The van der Waals surface area contributed by atoms with Gasteiger partial charge in [0.15, 0.2) is 0 Å². The largest absolute Gasteiger partial charge is 0.489 e. The molecule has 3 atom stereocenters. The van der Waals surface area contributed by atoms with Gasteiger partial charge in [-0.15, -0.1) is 0 Å². The first-order valence-corrected chi connectivity index (χ1v) is 12.2. The number of aromatic carboxylic acids is 1. The van der Waals surface area contributed by atoms with Crippen LogP contribution in [0.4, 0.5) is 13.2 Å². The Morgan fingerprint density at radius 1 is 1.09 bits per heavy atom. The number of pyridine rings is 1. The number of rotatable bonds is 7. The molecule has 35 heavy (non-hydrogen) atoms. The molecule has 1 fully saturated rings. The topological polar surface area (TPSA) is 59.4 Å². The summed E-state index contributed by atoms with van der Waals surface area (Å²) >= 11 is 0. The second kappa shape index (κ2) is 11.7. The number of ether oxygens (including phenoxy) is 1. The first kappa shape index (κ1) is 26.7. The molecule has 2 aromatic carbocycles. The summed E-state index contributed by atoms with van der Waals surface area (Å²) in [7, 11) is 1.56. The van der Waals surface area contributed by atoms with E-state index >= 15 is 0 Å². The summed E-state index contributed by atoms with van der Waals surface area (Å²) in [4.78, 5) is 15.8. The second-order valence-corrected chi connectivity index (χ2v) is 8.93. The lowest BCUT2D eigenvalue weighted by Crippen LogP contribution is -2.12. The minimum atomic E-state index is -3.10. The first-order chi connectivity index (χ1) is 16.7. The fourth-order valence-electron chi connectivity index (χ4n) is 4.39. The average Bonchev–Trinajstić information content (AvgIpc) is 3.34. The van der Waals surface area contributed by atoms with E-state index in [1.165, 1.54) is 36.5 Å². The van der Waals surface area contributed by atoms with Gasteiger partial charge in [0, 0.05) is 23.4 Å². The van der Waals surface area contributed by atoms with Gasteiger partial charge in [0.2, 0.25) is 0 Å². The number of hydrogen-bond donors (Lipinski definition) is 1. The minimum Gasteiger partial charge on any atom is -0.489 e. The molecule has 1 aliphatic rings. The normalized spacial score (nSPS) is 17.4. The van der Waals surface area contributed by atoms with Crippen LogP contribution in [-0.4, -0.2) is 16.1 Å². The molecule has 1 heterocycles. The van der Waals surface area contributed by atoms with Crippen molar-refractivity contribution in [2.24, 2.45) is 0 Å². The molecule has 0 saturated heterocycles. The van der Waals surface area contributed by atoms with Gasteiger partial charge >= 0.3 is 5.97 Å². The molecular formula is C27H29F3NO3P. The smallest absolute Gasteiger partial charge is 0.335 e. The van der Waals surface area contributed by atoms with E-state index in [-0.39, 0.29) is 35.4 Å². The van der Waals surface area contributed by atoms with Crippen molar-refractivity contribution in [2.45, 2.75) is 57.2 Å². The van der Waals surface area contributed by atoms with Gasteiger partial charge in [-0.1, -0.05) is 41.6 Å². The average molecular weight is 504 g/mol. The summed E-state index contributed by atoms with van der Waals surface area (Å²) in [5.41, 5.74) is -1.08. The van der Waals surface area contributed by atoms with Crippen LogP contribution in [0.3, 0.4) is 0 Å². The van der Waals surface area contributed by atoms with Crippen LogP contribution in [0.25, 0.3) is 0 Å². The van der Waals surface area contributed by atoms with Gasteiger partial charge in [0.25, 0.3) is 5.66 Å². The SMILES string of the molecule is CC.O=C(O)c1ccnc(C2CCCC2c2cc(C(F)(F)P)ccc2OCc2ccc(F)cc2)c1. The Hall–Kier alpha value is -2.92. The summed E-state index contributed by atoms with van der Waals surface area (Å²) in [6, 6.07) is 13.2. The van der Waals surface area contributed by atoms with E-state index in [0.29, 0.717) is 17.0 Å². The summed E-state index contributed by atoms with van der Waals surface area (Å²) in [5.74, 6) is -1.19. The maximum atomic E-state index is 14.1. The lowest BCUT2D eigenvalue weighted by Gasteiger charge is -2.24. The van der Waals surface area contributed by atoms with E-state index in [0.717, 1.165) is 24.8 Å². The van der Waals surface area contributed by atoms with E-state index in [2.05, 4.69) is 4.98 Å². The van der Waals surface area contributed by atoms with E-state index in [1.54, 1.807) is 33.5 Å². The van der Waals surface area contributed by atoms with Crippen LogP contribution in [0, 0.1) is 5.82 Å². The van der Waals surface area contributed by atoms with Crippen LogP contribution in [0.1, 0.15) is 77.7 Å².